The summed E-state index contributed by atoms with van der Waals surface area (Å²) in [5, 5.41) is 4.98. The SMILES string of the molecule is O=C(NCC[C@H]1CCCN1)C(F)(F)F. The van der Waals surface area contributed by atoms with Gasteiger partial charge in [-0.15, -0.1) is 0 Å². The first-order valence-electron chi connectivity index (χ1n) is 4.58. The molecule has 14 heavy (non-hydrogen) atoms. The van der Waals surface area contributed by atoms with Gasteiger partial charge in [0.15, 0.2) is 0 Å². The first-order chi connectivity index (χ1) is 6.50. The highest BCUT2D eigenvalue weighted by Crippen LogP contribution is 2.14. The zero-order chi connectivity index (χ0) is 10.6. The van der Waals surface area contributed by atoms with Gasteiger partial charge in [-0.1, -0.05) is 0 Å². The third-order valence-electron chi connectivity index (χ3n) is 2.20. The van der Waals surface area contributed by atoms with Gasteiger partial charge in [0.1, 0.15) is 0 Å². The molecule has 1 fully saturated rings. The standard InChI is InChI=1S/C8H13F3N2O/c9-8(10,11)7(14)13-5-3-6-2-1-4-12-6/h6,12H,1-5H2,(H,13,14)/t6-/m1/s1. The van der Waals surface area contributed by atoms with Crippen LogP contribution in [0, 0.1) is 0 Å². The molecule has 0 aromatic carbocycles. The summed E-state index contributed by atoms with van der Waals surface area (Å²) in [4.78, 5) is 10.4. The van der Waals surface area contributed by atoms with Gasteiger partial charge in [-0.2, -0.15) is 13.2 Å². The third-order valence-corrected chi connectivity index (χ3v) is 2.20. The van der Waals surface area contributed by atoms with Crippen molar-refractivity contribution in [3.8, 4) is 0 Å². The Labute approximate surface area is 80.0 Å². The Morgan fingerprint density at radius 1 is 1.50 bits per heavy atom. The van der Waals surface area contributed by atoms with Crippen LogP contribution in [0.15, 0.2) is 0 Å². The van der Waals surface area contributed by atoms with Crippen LogP contribution in [0.3, 0.4) is 0 Å². The third kappa shape index (κ3) is 3.53. The summed E-state index contributed by atoms with van der Waals surface area (Å²) >= 11 is 0. The van der Waals surface area contributed by atoms with E-state index in [1.165, 1.54) is 0 Å². The zero-order valence-corrected chi connectivity index (χ0v) is 7.66. The van der Waals surface area contributed by atoms with Crippen LogP contribution in [0.4, 0.5) is 13.2 Å². The van der Waals surface area contributed by atoms with Gasteiger partial charge in [-0.05, 0) is 25.8 Å². The number of carbonyl (C=O) groups excluding carboxylic acids is 1. The molecule has 6 heteroatoms. The van der Waals surface area contributed by atoms with E-state index in [2.05, 4.69) is 5.32 Å². The number of nitrogens with one attached hydrogen (secondary N) is 2. The number of carbonyl (C=O) groups is 1. The topological polar surface area (TPSA) is 41.1 Å². The van der Waals surface area contributed by atoms with E-state index >= 15 is 0 Å². The predicted octanol–water partition coefficient (Wildman–Crippen LogP) is 0.807. The van der Waals surface area contributed by atoms with E-state index in [-0.39, 0.29) is 12.6 Å². The first-order valence-corrected chi connectivity index (χ1v) is 4.58. The summed E-state index contributed by atoms with van der Waals surface area (Å²) in [6.07, 6.45) is -2.18. The number of halogens is 3. The van der Waals surface area contributed by atoms with Crippen molar-refractivity contribution in [2.24, 2.45) is 0 Å². The molecule has 1 heterocycles. The Morgan fingerprint density at radius 2 is 2.21 bits per heavy atom. The maximum absolute atomic E-state index is 11.7. The molecular formula is C8H13F3N2O. The average molecular weight is 210 g/mol. The Balaban J connectivity index is 2.11. The highest BCUT2D eigenvalue weighted by Gasteiger charge is 2.38. The summed E-state index contributed by atoms with van der Waals surface area (Å²) < 4.78 is 35.2. The maximum atomic E-state index is 11.7. The highest BCUT2D eigenvalue weighted by atomic mass is 19.4. The van der Waals surface area contributed by atoms with E-state index in [4.69, 9.17) is 0 Å². The van der Waals surface area contributed by atoms with E-state index in [0.29, 0.717) is 6.42 Å². The van der Waals surface area contributed by atoms with Crippen LogP contribution in [0.1, 0.15) is 19.3 Å². The second kappa shape index (κ2) is 4.63. The molecule has 0 radical (unpaired) electrons. The molecule has 0 unspecified atom stereocenters. The van der Waals surface area contributed by atoms with E-state index in [1.807, 2.05) is 5.32 Å². The normalized spacial score (nSPS) is 22.4. The highest BCUT2D eigenvalue weighted by molar-refractivity contribution is 5.81. The lowest BCUT2D eigenvalue weighted by molar-refractivity contribution is -0.173. The molecule has 1 atom stereocenters. The molecule has 0 aromatic heterocycles. The first kappa shape index (κ1) is 11.3. The molecule has 1 saturated heterocycles. The van der Waals surface area contributed by atoms with Gasteiger partial charge in [0.25, 0.3) is 0 Å². The molecule has 1 rings (SSSR count). The summed E-state index contributed by atoms with van der Waals surface area (Å²) in [6, 6.07) is 0.253. The average Bonchev–Trinajstić information content (AvgIpc) is 2.55. The molecule has 1 amide bonds. The minimum Gasteiger partial charge on any atom is -0.348 e. The van der Waals surface area contributed by atoms with Gasteiger partial charge in [-0.3, -0.25) is 4.79 Å². The van der Waals surface area contributed by atoms with E-state index in [1.54, 1.807) is 0 Å². The summed E-state index contributed by atoms with van der Waals surface area (Å²) in [7, 11) is 0. The molecule has 3 nitrogen and oxygen atoms in total. The molecular weight excluding hydrogens is 197 g/mol. The van der Waals surface area contributed by atoms with Crippen LogP contribution >= 0.6 is 0 Å². The number of hydrogen-bond donors (Lipinski definition) is 2. The number of amides is 1. The zero-order valence-electron chi connectivity index (χ0n) is 7.66. The molecule has 1 aliphatic heterocycles. The predicted molar refractivity (Wildman–Crippen MR) is 44.7 cm³/mol. The number of alkyl halides is 3. The monoisotopic (exact) mass is 210 g/mol. The minimum atomic E-state index is -4.76. The van der Waals surface area contributed by atoms with Gasteiger partial charge in [0, 0.05) is 12.6 Å². The molecule has 0 bridgehead atoms. The Bertz CT molecular complexity index is 199. The van der Waals surface area contributed by atoms with Crippen molar-refractivity contribution in [1.29, 1.82) is 0 Å². The van der Waals surface area contributed by atoms with Crippen molar-refractivity contribution < 1.29 is 18.0 Å². The molecule has 0 aliphatic carbocycles. The lowest BCUT2D eigenvalue weighted by Gasteiger charge is -2.11. The van der Waals surface area contributed by atoms with Gasteiger partial charge in [0.2, 0.25) is 0 Å². The Kier molecular flexibility index (Phi) is 3.74. The molecule has 0 saturated carbocycles. The number of hydrogen-bond acceptors (Lipinski definition) is 2. The molecule has 1 aliphatic rings. The van der Waals surface area contributed by atoms with Crippen molar-refractivity contribution in [3.63, 3.8) is 0 Å². The van der Waals surface area contributed by atoms with Crippen LogP contribution in [0.2, 0.25) is 0 Å². The van der Waals surface area contributed by atoms with Crippen molar-refractivity contribution >= 4 is 5.91 Å². The summed E-state index contributed by atoms with van der Waals surface area (Å²) in [5.41, 5.74) is 0. The van der Waals surface area contributed by atoms with Crippen LogP contribution in [0.25, 0.3) is 0 Å². The second-order valence-electron chi connectivity index (χ2n) is 3.34. The van der Waals surface area contributed by atoms with Gasteiger partial charge in [-0.25, -0.2) is 0 Å². The van der Waals surface area contributed by atoms with E-state index in [0.717, 1.165) is 19.4 Å². The molecule has 2 N–H and O–H groups in total. The van der Waals surface area contributed by atoms with Crippen molar-refractivity contribution in [2.75, 3.05) is 13.1 Å². The van der Waals surface area contributed by atoms with Gasteiger partial charge < -0.3 is 10.6 Å². The van der Waals surface area contributed by atoms with Gasteiger partial charge >= 0.3 is 12.1 Å². The molecule has 0 spiro atoms. The summed E-state index contributed by atoms with van der Waals surface area (Å²) in [5.74, 6) is -1.85. The quantitative estimate of drug-likeness (QED) is 0.723. The van der Waals surface area contributed by atoms with E-state index < -0.39 is 12.1 Å². The fraction of sp³-hybridized carbons (Fsp3) is 0.875. The van der Waals surface area contributed by atoms with Crippen LogP contribution < -0.4 is 10.6 Å². The fourth-order valence-corrected chi connectivity index (χ4v) is 1.46. The van der Waals surface area contributed by atoms with Crippen molar-refractivity contribution in [2.45, 2.75) is 31.5 Å². The van der Waals surface area contributed by atoms with E-state index in [9.17, 15) is 18.0 Å². The fourth-order valence-electron chi connectivity index (χ4n) is 1.46. The maximum Gasteiger partial charge on any atom is 0.471 e. The number of rotatable bonds is 3. The lowest BCUT2D eigenvalue weighted by Crippen LogP contribution is -2.38. The van der Waals surface area contributed by atoms with Crippen LogP contribution in [0.5, 0.6) is 0 Å². The lowest BCUT2D eigenvalue weighted by atomic mass is 10.1. The summed E-state index contributed by atoms with van der Waals surface area (Å²) in [6.45, 7) is 0.994. The van der Waals surface area contributed by atoms with Crippen LogP contribution in [-0.2, 0) is 4.79 Å². The molecule has 0 aromatic rings. The largest absolute Gasteiger partial charge is 0.471 e. The van der Waals surface area contributed by atoms with Crippen molar-refractivity contribution in [3.05, 3.63) is 0 Å². The van der Waals surface area contributed by atoms with Crippen molar-refractivity contribution in [1.82, 2.24) is 10.6 Å². The molecule has 82 valence electrons. The Morgan fingerprint density at radius 3 is 2.71 bits per heavy atom. The van der Waals surface area contributed by atoms with Gasteiger partial charge in [0.05, 0.1) is 0 Å². The minimum absolute atomic E-state index is 0.0794. The Hall–Kier alpha value is -0.780. The second-order valence-corrected chi connectivity index (χ2v) is 3.34. The smallest absolute Gasteiger partial charge is 0.348 e. The van der Waals surface area contributed by atoms with Crippen LogP contribution in [-0.4, -0.2) is 31.2 Å².